The first-order chi connectivity index (χ1) is 33.0. The van der Waals surface area contributed by atoms with Crippen molar-refractivity contribution in [2.24, 2.45) is 11.1 Å². The molecule has 0 bridgehead atoms. The van der Waals surface area contributed by atoms with Crippen molar-refractivity contribution in [3.8, 4) is 11.5 Å². The minimum Gasteiger partial charge on any atom is -0.465 e. The normalized spacial score (nSPS) is 12.7. The van der Waals surface area contributed by atoms with Crippen LogP contribution >= 0.6 is 21.6 Å². The van der Waals surface area contributed by atoms with E-state index in [1.54, 1.807) is 65.8 Å². The average Bonchev–Trinajstić information content (AvgIpc) is 3.34. The van der Waals surface area contributed by atoms with Gasteiger partial charge in [-0.1, -0.05) is 121 Å². The van der Waals surface area contributed by atoms with Crippen LogP contribution in [0, 0.1) is 5.41 Å². The molecule has 3 rings (SSSR count). The molecule has 0 radical (unpaired) electrons. The molecule has 14 nitrogen and oxygen atoms in total. The number of esters is 3. The van der Waals surface area contributed by atoms with Crippen LogP contribution in [0.4, 0.5) is 0 Å². The Morgan fingerprint density at radius 1 is 0.750 bits per heavy atom. The second-order valence-electron chi connectivity index (χ2n) is 16.0. The summed E-state index contributed by atoms with van der Waals surface area (Å²) >= 11 is 0. The van der Waals surface area contributed by atoms with Crippen LogP contribution < -0.4 is 25.8 Å². The Morgan fingerprint density at radius 3 is 2.12 bits per heavy atom. The quantitative estimate of drug-likeness (QED) is 0.0112. The number of nitrogens with one attached hydrogen (secondary N) is 2. The molecule has 0 saturated heterocycles. The van der Waals surface area contributed by atoms with Crippen LogP contribution in [-0.4, -0.2) is 83.7 Å². The number of carbonyl (C=O) groups is 5. The van der Waals surface area contributed by atoms with E-state index >= 15 is 0 Å². The fourth-order valence-electron chi connectivity index (χ4n) is 6.17. The molecule has 2 unspecified atom stereocenters. The Balaban J connectivity index is 1.62. The number of hydrogen-bond acceptors (Lipinski definition) is 14. The van der Waals surface area contributed by atoms with Gasteiger partial charge in [0.1, 0.15) is 23.2 Å². The molecule has 3 aromatic rings. The summed E-state index contributed by atoms with van der Waals surface area (Å²) in [6.45, 7) is 6.17. The van der Waals surface area contributed by atoms with Gasteiger partial charge in [-0.05, 0) is 81.7 Å². The zero-order chi connectivity index (χ0) is 49.2. The molecule has 0 aliphatic carbocycles. The van der Waals surface area contributed by atoms with Crippen LogP contribution in [0.25, 0.3) is 0 Å². The maximum Gasteiger partial charge on any atom is 0.347 e. The van der Waals surface area contributed by atoms with Crippen LogP contribution in [0.5, 0.6) is 11.5 Å². The Bertz CT molecular complexity index is 2110. The molecule has 0 spiro atoms. The maximum absolute atomic E-state index is 13.9. The number of ether oxygens (including phenoxy) is 4. The monoisotopic (exact) mass is 972 g/mol. The fourth-order valence-corrected chi connectivity index (χ4v) is 7.94. The summed E-state index contributed by atoms with van der Waals surface area (Å²) in [5.74, 6) is -1.68. The van der Waals surface area contributed by atoms with Crippen molar-refractivity contribution >= 4 is 51.3 Å². The molecule has 0 saturated carbocycles. The van der Waals surface area contributed by atoms with E-state index in [0.29, 0.717) is 31.7 Å². The van der Waals surface area contributed by atoms with Gasteiger partial charge in [-0.15, -0.1) is 0 Å². The first-order valence-electron chi connectivity index (χ1n) is 23.1. The number of carbonyl (C=O) groups excluding carboxylic acids is 5. The highest BCUT2D eigenvalue weighted by atomic mass is 33.1. The van der Waals surface area contributed by atoms with Crippen molar-refractivity contribution in [3.63, 3.8) is 0 Å². The number of unbranched alkanes of at least 4 members (excludes halogenated alkanes) is 3. The summed E-state index contributed by atoms with van der Waals surface area (Å²) in [4.78, 5) is 69.6. The molecule has 0 aliphatic rings. The lowest BCUT2D eigenvalue weighted by Crippen LogP contribution is -2.49. The number of hydrogen-bond donors (Lipinski definition) is 4. The molecular formula is C52H68N4O10S2. The summed E-state index contributed by atoms with van der Waals surface area (Å²) in [6.07, 6.45) is 24.2. The molecule has 0 aliphatic heterocycles. The maximum atomic E-state index is 13.9. The van der Waals surface area contributed by atoms with Crippen LogP contribution in [0.15, 0.2) is 122 Å². The SMILES string of the molecule is CCC=CCC=CCC=CCCCC=CCCCC(=O)OCC(C)(C)C(OC(O)c1ccccc1OC(=O)c1ccccc1OC(=O)c1cccnc1)C(=O)NCCC(=O)NCCSSCCN. The highest BCUT2D eigenvalue weighted by molar-refractivity contribution is 8.76. The second kappa shape index (κ2) is 33.9. The number of benzene rings is 2. The number of pyridine rings is 1. The average molecular weight is 973 g/mol. The van der Waals surface area contributed by atoms with Crippen molar-refractivity contribution in [1.29, 1.82) is 0 Å². The van der Waals surface area contributed by atoms with E-state index in [0.717, 1.165) is 44.3 Å². The van der Waals surface area contributed by atoms with Crippen LogP contribution in [0.3, 0.4) is 0 Å². The van der Waals surface area contributed by atoms with Gasteiger partial charge in [-0.25, -0.2) is 9.59 Å². The highest BCUT2D eigenvalue weighted by Gasteiger charge is 2.40. The van der Waals surface area contributed by atoms with E-state index in [-0.39, 0.29) is 60.1 Å². The Kier molecular flexibility index (Phi) is 28.3. The number of allylic oxidation sites excluding steroid dienone is 8. The van der Waals surface area contributed by atoms with Gasteiger partial charge in [0.2, 0.25) is 11.8 Å². The van der Waals surface area contributed by atoms with Gasteiger partial charge < -0.3 is 40.4 Å². The van der Waals surface area contributed by atoms with Crippen molar-refractivity contribution in [2.75, 3.05) is 37.7 Å². The Morgan fingerprint density at radius 2 is 1.40 bits per heavy atom. The van der Waals surface area contributed by atoms with E-state index < -0.39 is 41.6 Å². The smallest absolute Gasteiger partial charge is 0.347 e. The molecule has 2 atom stereocenters. The number of amides is 2. The van der Waals surface area contributed by atoms with E-state index in [4.69, 9.17) is 24.7 Å². The summed E-state index contributed by atoms with van der Waals surface area (Å²) in [5, 5.41) is 17.1. The lowest BCUT2D eigenvalue weighted by atomic mass is 9.86. The van der Waals surface area contributed by atoms with Crippen LogP contribution in [0.1, 0.15) is 118 Å². The van der Waals surface area contributed by atoms with Gasteiger partial charge in [0, 0.05) is 61.8 Å². The summed E-state index contributed by atoms with van der Waals surface area (Å²) in [6, 6.07) is 15.2. The minimum absolute atomic E-state index is 0.00152. The number of nitrogens with zero attached hydrogens (tertiary/aromatic N) is 1. The van der Waals surface area contributed by atoms with E-state index in [1.165, 1.54) is 42.7 Å². The van der Waals surface area contributed by atoms with Crippen molar-refractivity contribution in [3.05, 3.63) is 138 Å². The zero-order valence-electron chi connectivity index (χ0n) is 39.5. The number of aliphatic hydroxyl groups is 1. The van der Waals surface area contributed by atoms with Gasteiger partial charge in [-0.3, -0.25) is 19.4 Å². The topological polar surface area (TPSA) is 205 Å². The Hall–Kier alpha value is -5.52. The summed E-state index contributed by atoms with van der Waals surface area (Å²) in [7, 11) is 3.23. The predicted octanol–water partition coefficient (Wildman–Crippen LogP) is 9.18. The lowest BCUT2D eigenvalue weighted by Gasteiger charge is -2.34. The van der Waals surface area contributed by atoms with E-state index in [1.807, 2.05) is 0 Å². The molecular weight excluding hydrogens is 905 g/mol. The second-order valence-corrected chi connectivity index (χ2v) is 18.7. The first kappa shape index (κ1) is 56.8. The van der Waals surface area contributed by atoms with Crippen LogP contribution in [-0.2, 0) is 23.9 Å². The number of nitrogens with two attached hydrogens (primary N) is 1. The van der Waals surface area contributed by atoms with Crippen LogP contribution in [0.2, 0.25) is 0 Å². The van der Waals surface area contributed by atoms with E-state index in [9.17, 15) is 29.1 Å². The van der Waals surface area contributed by atoms with Gasteiger partial charge in [-0.2, -0.15) is 0 Å². The molecule has 16 heteroatoms. The minimum atomic E-state index is -1.83. The molecule has 2 amide bonds. The van der Waals surface area contributed by atoms with Crippen molar-refractivity contribution in [2.45, 2.75) is 97.4 Å². The predicted molar refractivity (Wildman–Crippen MR) is 270 cm³/mol. The Labute approximate surface area is 409 Å². The third-order valence-electron chi connectivity index (χ3n) is 9.80. The molecule has 1 heterocycles. The summed E-state index contributed by atoms with van der Waals surface area (Å²) in [5.41, 5.74) is 4.41. The van der Waals surface area contributed by atoms with Gasteiger partial charge in [0.25, 0.3) is 0 Å². The highest BCUT2D eigenvalue weighted by Crippen LogP contribution is 2.33. The van der Waals surface area contributed by atoms with Gasteiger partial charge in [0.05, 0.1) is 17.7 Å². The van der Waals surface area contributed by atoms with E-state index in [2.05, 4.69) is 71.1 Å². The zero-order valence-corrected chi connectivity index (χ0v) is 41.1. The molecule has 1 aromatic heterocycles. The van der Waals surface area contributed by atoms with Gasteiger partial charge in [0.15, 0.2) is 6.29 Å². The van der Waals surface area contributed by atoms with Crippen molar-refractivity contribution < 1.29 is 48.0 Å². The molecule has 5 N–H and O–H groups in total. The number of aromatic nitrogens is 1. The lowest BCUT2D eigenvalue weighted by molar-refractivity contribution is -0.190. The number of para-hydroxylation sites is 2. The first-order valence-corrected chi connectivity index (χ1v) is 25.6. The molecule has 2 aromatic carbocycles. The molecule has 0 fully saturated rings. The van der Waals surface area contributed by atoms with Crippen molar-refractivity contribution in [1.82, 2.24) is 15.6 Å². The number of rotatable bonds is 33. The molecule has 68 heavy (non-hydrogen) atoms. The molecule has 368 valence electrons. The number of aliphatic hydroxyl groups excluding tert-OH is 1. The summed E-state index contributed by atoms with van der Waals surface area (Å²) < 4.78 is 23.0. The fraction of sp³-hybridized carbons (Fsp3) is 0.423. The standard InChI is InChI=1S/C52H68N4O10S2/c1-4-5-6-7-8-9-10-11-12-13-14-15-16-17-18-19-30-46(58)63-39-52(2,3)47(48(59)56-34-31-45(57)55-35-37-68-67-36-32-53)66-51(62)42-27-21-23-29-44(42)65-50(61)41-26-20-22-28-43(41)64-49(60)40-25-24-33-54-38-40/h5-6,8-9,11-12,16-17,20-29,33,38,47,51,62H,4,7,10,13-15,18-19,30-32,34-37,39,53H2,1-3H3,(H,55,57)(H,56,59). The largest absolute Gasteiger partial charge is 0.465 e. The third kappa shape index (κ3) is 23.0. The van der Waals surface area contributed by atoms with Gasteiger partial charge >= 0.3 is 17.9 Å². The third-order valence-corrected chi connectivity index (χ3v) is 12.2.